The van der Waals surface area contributed by atoms with E-state index in [9.17, 15) is 14.9 Å². The van der Waals surface area contributed by atoms with E-state index in [1.165, 1.54) is 6.08 Å². The predicted octanol–water partition coefficient (Wildman–Crippen LogP) is 3.28. The molecule has 4 aromatic rings. The van der Waals surface area contributed by atoms with Gasteiger partial charge in [-0.15, -0.1) is 0 Å². The van der Waals surface area contributed by atoms with E-state index in [0.29, 0.717) is 46.0 Å². The zero-order valence-electron chi connectivity index (χ0n) is 24.1. The van der Waals surface area contributed by atoms with Gasteiger partial charge in [0.15, 0.2) is 0 Å². The van der Waals surface area contributed by atoms with Gasteiger partial charge in [0.1, 0.15) is 34.6 Å². The number of anilines is 2. The van der Waals surface area contributed by atoms with Crippen molar-refractivity contribution in [1.82, 2.24) is 19.5 Å². The fraction of sp³-hybridized carbons (Fsp3) is 0.267. The first-order chi connectivity index (χ1) is 20.0. The Bertz CT molecular complexity index is 1740. The zero-order chi connectivity index (χ0) is 30.4. The third kappa shape index (κ3) is 6.89. The van der Waals surface area contributed by atoms with Gasteiger partial charge in [0.05, 0.1) is 14.2 Å². The quantitative estimate of drug-likeness (QED) is 0.191. The summed E-state index contributed by atoms with van der Waals surface area (Å²) in [4.78, 5) is 39.7. The molecule has 0 bridgehead atoms. The summed E-state index contributed by atoms with van der Waals surface area (Å²) in [5.41, 5.74) is 7.05. The number of rotatable bonds is 10. The molecular formula is C30H32N8O4. The number of aryl methyl sites for hydroxylation is 2. The minimum Gasteiger partial charge on any atom is -0.497 e. The SMILES string of the molecule is CNc1ncc2cc(-c3cc(OC)cc(OC)c3)c(=O)n(CCc3ccnc(NC(=O)C(C#N)=CC(C)(C)N)c3)c2n1. The van der Waals surface area contributed by atoms with Crippen LogP contribution in [0.2, 0.25) is 0 Å². The molecule has 216 valence electrons. The molecule has 0 spiro atoms. The van der Waals surface area contributed by atoms with Gasteiger partial charge < -0.3 is 25.8 Å². The van der Waals surface area contributed by atoms with Crippen molar-refractivity contribution in [2.75, 3.05) is 31.9 Å². The summed E-state index contributed by atoms with van der Waals surface area (Å²) in [7, 11) is 4.80. The van der Waals surface area contributed by atoms with Crippen molar-refractivity contribution in [2.45, 2.75) is 32.4 Å². The minimum atomic E-state index is -0.838. The summed E-state index contributed by atoms with van der Waals surface area (Å²) in [5, 5.41) is 15.6. The molecular weight excluding hydrogens is 536 g/mol. The highest BCUT2D eigenvalue weighted by atomic mass is 16.5. The second-order valence-electron chi connectivity index (χ2n) is 10.1. The lowest BCUT2D eigenvalue weighted by Gasteiger charge is -2.15. The summed E-state index contributed by atoms with van der Waals surface area (Å²) >= 11 is 0. The monoisotopic (exact) mass is 568 g/mol. The fourth-order valence-electron chi connectivity index (χ4n) is 4.30. The van der Waals surface area contributed by atoms with Crippen LogP contribution in [-0.2, 0) is 17.8 Å². The Labute approximate surface area is 242 Å². The predicted molar refractivity (Wildman–Crippen MR) is 160 cm³/mol. The lowest BCUT2D eigenvalue weighted by atomic mass is 10.0. The van der Waals surface area contributed by atoms with Gasteiger partial charge in [-0.1, -0.05) is 0 Å². The van der Waals surface area contributed by atoms with Crippen LogP contribution >= 0.6 is 0 Å². The molecule has 0 aliphatic heterocycles. The van der Waals surface area contributed by atoms with Crippen molar-refractivity contribution in [1.29, 1.82) is 5.26 Å². The van der Waals surface area contributed by atoms with Crippen molar-refractivity contribution >= 4 is 28.7 Å². The summed E-state index contributed by atoms with van der Waals surface area (Å²) in [5.74, 6) is 1.13. The first kappa shape index (κ1) is 29.7. The summed E-state index contributed by atoms with van der Waals surface area (Å²) in [6, 6.07) is 12.4. The molecule has 42 heavy (non-hydrogen) atoms. The third-order valence-electron chi connectivity index (χ3n) is 6.28. The van der Waals surface area contributed by atoms with E-state index >= 15 is 0 Å². The van der Waals surface area contributed by atoms with E-state index in [1.807, 2.05) is 6.07 Å². The van der Waals surface area contributed by atoms with Crippen LogP contribution in [-0.4, -0.2) is 52.2 Å². The molecule has 0 saturated carbocycles. The number of carbonyl (C=O) groups excluding carboxylic acids is 1. The van der Waals surface area contributed by atoms with Crippen LogP contribution < -0.4 is 31.4 Å². The summed E-state index contributed by atoms with van der Waals surface area (Å²) in [6.45, 7) is 3.64. The lowest BCUT2D eigenvalue weighted by molar-refractivity contribution is -0.112. The van der Waals surface area contributed by atoms with Crippen molar-refractivity contribution in [3.63, 3.8) is 0 Å². The van der Waals surface area contributed by atoms with E-state index in [1.54, 1.807) is 88.5 Å². The number of benzene rings is 1. The van der Waals surface area contributed by atoms with E-state index in [0.717, 1.165) is 5.56 Å². The lowest BCUT2D eigenvalue weighted by Crippen LogP contribution is -2.30. The number of ether oxygens (including phenoxy) is 2. The van der Waals surface area contributed by atoms with Gasteiger partial charge in [-0.25, -0.2) is 9.97 Å². The van der Waals surface area contributed by atoms with Crippen molar-refractivity contribution in [3.05, 3.63) is 76.4 Å². The van der Waals surface area contributed by atoms with Gasteiger partial charge in [-0.2, -0.15) is 10.2 Å². The maximum Gasteiger partial charge on any atom is 0.267 e. The molecule has 1 amide bonds. The highest BCUT2D eigenvalue weighted by Crippen LogP contribution is 2.29. The molecule has 12 heteroatoms. The number of aromatic nitrogens is 4. The van der Waals surface area contributed by atoms with E-state index < -0.39 is 11.4 Å². The number of hydrogen-bond donors (Lipinski definition) is 3. The number of nitrogens with one attached hydrogen (secondary N) is 2. The van der Waals surface area contributed by atoms with Gasteiger partial charge in [-0.3, -0.25) is 14.2 Å². The highest BCUT2D eigenvalue weighted by Gasteiger charge is 2.17. The topological polar surface area (TPSA) is 170 Å². The Morgan fingerprint density at radius 1 is 1.14 bits per heavy atom. The molecule has 0 aliphatic rings. The molecule has 0 saturated heterocycles. The van der Waals surface area contributed by atoms with E-state index in [-0.39, 0.29) is 23.5 Å². The van der Waals surface area contributed by atoms with Crippen LogP contribution in [0.15, 0.2) is 65.2 Å². The van der Waals surface area contributed by atoms with Crippen molar-refractivity contribution in [2.24, 2.45) is 5.73 Å². The Hall–Kier alpha value is -5.28. The van der Waals surface area contributed by atoms with Crippen LogP contribution in [0, 0.1) is 11.3 Å². The Balaban J connectivity index is 1.70. The number of nitrogens with zero attached hydrogens (tertiary/aromatic N) is 5. The Kier molecular flexibility index (Phi) is 8.83. The third-order valence-corrected chi connectivity index (χ3v) is 6.28. The number of hydrogen-bond acceptors (Lipinski definition) is 10. The number of carbonyl (C=O) groups is 1. The van der Waals surface area contributed by atoms with E-state index in [2.05, 4.69) is 25.6 Å². The van der Waals surface area contributed by atoms with Gasteiger partial charge in [-0.05, 0) is 67.8 Å². The second kappa shape index (κ2) is 12.5. The molecule has 0 radical (unpaired) electrons. The van der Waals surface area contributed by atoms with Crippen LogP contribution in [0.3, 0.4) is 0 Å². The number of nitrogens with two attached hydrogens (primary N) is 1. The van der Waals surface area contributed by atoms with Gasteiger partial charge >= 0.3 is 0 Å². The number of methoxy groups -OCH3 is 2. The standard InChI is InChI=1S/C30H32N8O4/c1-30(2,32)15-21(16-31)27(39)36-25-10-18(6-8-34-25)7-9-38-26-20(17-35-29(33-3)37-26)13-24(28(38)40)19-11-22(41-4)14-23(12-19)42-5/h6,8,10-15,17H,7,9,32H2,1-5H3,(H,33,35,37)(H,34,36,39). The van der Waals surface area contributed by atoms with Gasteiger partial charge in [0.2, 0.25) is 5.95 Å². The van der Waals surface area contributed by atoms with Crippen LogP contribution in [0.5, 0.6) is 11.5 Å². The smallest absolute Gasteiger partial charge is 0.267 e. The zero-order valence-corrected chi connectivity index (χ0v) is 24.1. The molecule has 4 rings (SSSR count). The maximum absolute atomic E-state index is 13.9. The van der Waals surface area contributed by atoms with Crippen LogP contribution in [0.25, 0.3) is 22.2 Å². The Morgan fingerprint density at radius 3 is 2.48 bits per heavy atom. The molecule has 0 unspecified atom stereocenters. The first-order valence-corrected chi connectivity index (χ1v) is 13.0. The number of amides is 1. The summed E-state index contributed by atoms with van der Waals surface area (Å²) in [6.07, 6.45) is 5.03. The molecule has 4 N–H and O–H groups in total. The van der Waals surface area contributed by atoms with Gasteiger partial charge in [0, 0.05) is 48.5 Å². The average Bonchev–Trinajstić information content (AvgIpc) is 2.98. The maximum atomic E-state index is 13.9. The Morgan fingerprint density at radius 2 is 1.86 bits per heavy atom. The molecule has 0 atom stereocenters. The first-order valence-electron chi connectivity index (χ1n) is 13.0. The number of pyridine rings is 2. The highest BCUT2D eigenvalue weighted by molar-refractivity contribution is 6.06. The average molecular weight is 569 g/mol. The van der Waals surface area contributed by atoms with Crippen LogP contribution in [0.1, 0.15) is 19.4 Å². The van der Waals surface area contributed by atoms with Crippen molar-refractivity contribution in [3.8, 4) is 28.7 Å². The normalized spacial score (nSPS) is 11.6. The van der Waals surface area contributed by atoms with Crippen LogP contribution in [0.4, 0.5) is 11.8 Å². The van der Waals surface area contributed by atoms with Gasteiger partial charge in [0.25, 0.3) is 11.5 Å². The van der Waals surface area contributed by atoms with E-state index in [4.69, 9.17) is 15.2 Å². The molecule has 0 aliphatic carbocycles. The summed E-state index contributed by atoms with van der Waals surface area (Å²) < 4.78 is 12.4. The molecule has 3 aromatic heterocycles. The number of nitriles is 1. The largest absolute Gasteiger partial charge is 0.497 e. The molecule has 0 fully saturated rings. The van der Waals surface area contributed by atoms with Crippen molar-refractivity contribution < 1.29 is 14.3 Å². The fourth-order valence-corrected chi connectivity index (χ4v) is 4.30. The minimum absolute atomic E-state index is 0.112. The second-order valence-corrected chi connectivity index (χ2v) is 10.1. The molecule has 3 heterocycles. The molecule has 12 nitrogen and oxygen atoms in total. The molecule has 1 aromatic carbocycles. The number of fused-ring (bicyclic) bond motifs is 1.